The fraction of sp³-hybridized carbons (Fsp3) is 0.167. The smallest absolute Gasteiger partial charge is 0.257 e. The summed E-state index contributed by atoms with van der Waals surface area (Å²) in [6, 6.07) is 0. The van der Waals surface area contributed by atoms with Crippen molar-refractivity contribution in [2.75, 3.05) is 0 Å². The molecule has 2 heterocycles. The van der Waals surface area contributed by atoms with Crippen LogP contribution in [-0.2, 0) is 0 Å². The molecule has 5 nitrogen and oxygen atoms in total. The normalized spacial score (nSPS) is 10.8. The molecule has 0 spiro atoms. The van der Waals surface area contributed by atoms with Crippen LogP contribution in [0.5, 0.6) is 5.88 Å². The summed E-state index contributed by atoms with van der Waals surface area (Å²) in [5, 5.41) is 16.8. The SMILES string of the molecule is Cc1ncn2c(S)nnc(O)c12. The minimum absolute atomic E-state index is 0.122. The lowest BCUT2D eigenvalue weighted by Gasteiger charge is -1.97. The Kier molecular flexibility index (Phi) is 1.44. The highest BCUT2D eigenvalue weighted by atomic mass is 32.1. The summed E-state index contributed by atoms with van der Waals surface area (Å²) in [7, 11) is 0. The minimum Gasteiger partial charge on any atom is -0.491 e. The second kappa shape index (κ2) is 2.34. The molecule has 2 aromatic rings. The van der Waals surface area contributed by atoms with Crippen LogP contribution in [-0.4, -0.2) is 24.7 Å². The fourth-order valence-electron chi connectivity index (χ4n) is 1.05. The summed E-state index contributed by atoms with van der Waals surface area (Å²) in [5.41, 5.74) is 1.26. The monoisotopic (exact) mass is 182 g/mol. The van der Waals surface area contributed by atoms with Gasteiger partial charge in [0, 0.05) is 0 Å². The van der Waals surface area contributed by atoms with E-state index in [1.54, 1.807) is 17.7 Å². The van der Waals surface area contributed by atoms with Crippen molar-refractivity contribution in [2.45, 2.75) is 12.1 Å². The lowest BCUT2D eigenvalue weighted by molar-refractivity contribution is 0.443. The van der Waals surface area contributed by atoms with Gasteiger partial charge >= 0.3 is 0 Å². The van der Waals surface area contributed by atoms with Gasteiger partial charge in [-0.3, -0.25) is 4.40 Å². The first-order chi connectivity index (χ1) is 5.70. The van der Waals surface area contributed by atoms with E-state index in [0.717, 1.165) is 0 Å². The molecule has 0 aromatic carbocycles. The molecule has 12 heavy (non-hydrogen) atoms. The summed E-state index contributed by atoms with van der Waals surface area (Å²) in [6.07, 6.45) is 1.54. The van der Waals surface area contributed by atoms with Crippen molar-refractivity contribution < 1.29 is 5.11 Å². The molecule has 2 rings (SSSR count). The van der Waals surface area contributed by atoms with Gasteiger partial charge in [0.15, 0.2) is 5.16 Å². The Bertz CT molecular complexity index is 438. The van der Waals surface area contributed by atoms with E-state index >= 15 is 0 Å². The summed E-state index contributed by atoms with van der Waals surface area (Å²) in [5.74, 6) is -0.122. The zero-order chi connectivity index (χ0) is 8.72. The molecule has 0 aliphatic rings. The number of aromatic nitrogens is 4. The summed E-state index contributed by atoms with van der Waals surface area (Å²) < 4.78 is 1.57. The topological polar surface area (TPSA) is 63.3 Å². The maximum Gasteiger partial charge on any atom is 0.257 e. The average molecular weight is 182 g/mol. The van der Waals surface area contributed by atoms with Crippen LogP contribution in [0.25, 0.3) is 5.52 Å². The van der Waals surface area contributed by atoms with E-state index in [2.05, 4.69) is 27.8 Å². The van der Waals surface area contributed by atoms with Gasteiger partial charge in [0.1, 0.15) is 11.8 Å². The summed E-state index contributed by atoms with van der Waals surface area (Å²) >= 11 is 4.05. The highest BCUT2D eigenvalue weighted by Gasteiger charge is 2.08. The van der Waals surface area contributed by atoms with Gasteiger partial charge in [-0.1, -0.05) is 0 Å². The Morgan fingerprint density at radius 1 is 1.50 bits per heavy atom. The van der Waals surface area contributed by atoms with E-state index in [0.29, 0.717) is 16.4 Å². The van der Waals surface area contributed by atoms with Crippen LogP contribution >= 0.6 is 12.6 Å². The third kappa shape index (κ3) is 0.845. The summed E-state index contributed by atoms with van der Waals surface area (Å²) in [6.45, 7) is 1.78. The van der Waals surface area contributed by atoms with Crippen molar-refractivity contribution >= 4 is 18.1 Å². The van der Waals surface area contributed by atoms with Crippen LogP contribution in [0.3, 0.4) is 0 Å². The number of nitrogens with zero attached hydrogens (tertiary/aromatic N) is 4. The molecule has 0 amide bonds. The maximum atomic E-state index is 9.30. The molecule has 0 saturated heterocycles. The van der Waals surface area contributed by atoms with E-state index in [9.17, 15) is 5.11 Å². The second-order valence-corrected chi connectivity index (χ2v) is 2.77. The fourth-order valence-corrected chi connectivity index (χ4v) is 1.24. The number of hydrogen-bond acceptors (Lipinski definition) is 5. The Hall–Kier alpha value is -1.30. The van der Waals surface area contributed by atoms with Gasteiger partial charge in [-0.25, -0.2) is 4.98 Å². The number of thiol groups is 1. The van der Waals surface area contributed by atoms with Crippen LogP contribution in [0.4, 0.5) is 0 Å². The van der Waals surface area contributed by atoms with Gasteiger partial charge < -0.3 is 5.11 Å². The molecule has 0 atom stereocenters. The second-order valence-electron chi connectivity index (χ2n) is 2.37. The quantitative estimate of drug-likeness (QED) is 0.580. The van der Waals surface area contributed by atoms with Gasteiger partial charge in [-0.15, -0.1) is 22.8 Å². The Morgan fingerprint density at radius 3 is 2.92 bits per heavy atom. The Labute approximate surface area is 73.5 Å². The highest BCUT2D eigenvalue weighted by Crippen LogP contribution is 2.19. The van der Waals surface area contributed by atoms with Gasteiger partial charge in [0.05, 0.1) is 5.69 Å². The molecule has 6 heteroatoms. The van der Waals surface area contributed by atoms with Gasteiger partial charge in [0.2, 0.25) is 0 Å². The molecule has 2 aromatic heterocycles. The standard InChI is InChI=1S/C6H6N4OS/c1-3-4-5(11)8-9-6(12)10(4)2-7-3/h2H,1H3,(H,8,11)(H,9,12). The molecule has 62 valence electrons. The number of aryl methyl sites for hydroxylation is 1. The Balaban J connectivity index is 2.98. The third-order valence-corrected chi connectivity index (χ3v) is 1.92. The van der Waals surface area contributed by atoms with E-state index in [1.807, 2.05) is 0 Å². The molecule has 1 N–H and O–H groups in total. The molecule has 0 unspecified atom stereocenters. The minimum atomic E-state index is -0.122. The van der Waals surface area contributed by atoms with E-state index in [1.165, 1.54) is 0 Å². The molecular formula is C6H6N4OS. The number of hydrogen-bond donors (Lipinski definition) is 2. The highest BCUT2D eigenvalue weighted by molar-refractivity contribution is 7.80. The van der Waals surface area contributed by atoms with E-state index < -0.39 is 0 Å². The molecule has 0 aliphatic heterocycles. The summed E-state index contributed by atoms with van der Waals surface area (Å²) in [4.78, 5) is 3.99. The predicted molar refractivity (Wildman–Crippen MR) is 44.4 cm³/mol. The molecule has 0 saturated carbocycles. The number of rotatable bonds is 0. The predicted octanol–water partition coefficient (Wildman–Crippen LogP) is 0.427. The van der Waals surface area contributed by atoms with Gasteiger partial charge in [-0.2, -0.15) is 0 Å². The molecular weight excluding hydrogens is 176 g/mol. The van der Waals surface area contributed by atoms with E-state index in [-0.39, 0.29) is 5.88 Å². The van der Waals surface area contributed by atoms with Crippen molar-refractivity contribution in [3.05, 3.63) is 12.0 Å². The molecule has 0 fully saturated rings. The zero-order valence-corrected chi connectivity index (χ0v) is 7.16. The van der Waals surface area contributed by atoms with Crippen molar-refractivity contribution in [1.82, 2.24) is 19.6 Å². The molecule has 0 radical (unpaired) electrons. The zero-order valence-electron chi connectivity index (χ0n) is 6.26. The van der Waals surface area contributed by atoms with Gasteiger partial charge in [-0.05, 0) is 6.92 Å². The Morgan fingerprint density at radius 2 is 2.25 bits per heavy atom. The molecule has 0 aliphatic carbocycles. The maximum absolute atomic E-state index is 9.30. The third-order valence-electron chi connectivity index (χ3n) is 1.61. The van der Waals surface area contributed by atoms with Crippen LogP contribution in [0.15, 0.2) is 11.5 Å². The van der Waals surface area contributed by atoms with Crippen LogP contribution in [0, 0.1) is 6.92 Å². The lowest BCUT2D eigenvalue weighted by Crippen LogP contribution is -1.93. The van der Waals surface area contributed by atoms with Crippen molar-refractivity contribution in [2.24, 2.45) is 0 Å². The van der Waals surface area contributed by atoms with Crippen molar-refractivity contribution in [3.8, 4) is 5.88 Å². The van der Waals surface area contributed by atoms with Gasteiger partial charge in [0.25, 0.3) is 5.88 Å². The van der Waals surface area contributed by atoms with Crippen LogP contribution < -0.4 is 0 Å². The largest absolute Gasteiger partial charge is 0.491 e. The first-order valence-electron chi connectivity index (χ1n) is 3.28. The first kappa shape index (κ1) is 7.35. The first-order valence-corrected chi connectivity index (χ1v) is 3.73. The number of imidazole rings is 1. The molecule has 0 bridgehead atoms. The van der Waals surface area contributed by atoms with Crippen LogP contribution in [0.2, 0.25) is 0 Å². The number of fused-ring (bicyclic) bond motifs is 1. The van der Waals surface area contributed by atoms with E-state index in [4.69, 9.17) is 0 Å². The number of aromatic hydroxyl groups is 1. The van der Waals surface area contributed by atoms with Crippen LogP contribution in [0.1, 0.15) is 5.69 Å². The lowest BCUT2D eigenvalue weighted by atomic mass is 10.4. The average Bonchev–Trinajstić information content (AvgIpc) is 2.42. The van der Waals surface area contributed by atoms with Crippen molar-refractivity contribution in [1.29, 1.82) is 0 Å². The van der Waals surface area contributed by atoms with Crippen molar-refractivity contribution in [3.63, 3.8) is 0 Å².